The van der Waals surface area contributed by atoms with Gasteiger partial charge >= 0.3 is 0 Å². The molecule has 0 fully saturated rings. The van der Waals surface area contributed by atoms with Gasteiger partial charge in [0.25, 0.3) is 0 Å². The second-order valence-corrected chi connectivity index (χ2v) is 5.57. The minimum absolute atomic E-state index is 0.184. The molecule has 3 rings (SSSR count). The lowest BCUT2D eigenvalue weighted by Gasteiger charge is -2.25. The molecule has 1 aliphatic rings. The van der Waals surface area contributed by atoms with E-state index in [1.165, 1.54) is 0 Å². The first-order valence-electron chi connectivity index (χ1n) is 6.75. The third-order valence-corrected chi connectivity index (χ3v) is 4.01. The monoisotopic (exact) mass is 281 g/mol. The maximum Gasteiger partial charge on any atom is 0.212 e. The van der Waals surface area contributed by atoms with E-state index in [4.69, 9.17) is 0 Å². The number of hydrogen-bond donors (Lipinski definition) is 1. The first kappa shape index (κ1) is 13.4. The van der Waals surface area contributed by atoms with Gasteiger partial charge in [0.1, 0.15) is 5.82 Å². The average Bonchev–Trinajstić information content (AvgIpc) is 2.84. The van der Waals surface area contributed by atoms with Crippen LogP contribution in [0.5, 0.6) is 0 Å². The quantitative estimate of drug-likeness (QED) is 0.869. The molecule has 2 aromatic heterocycles. The Morgan fingerprint density at radius 1 is 1.29 bits per heavy atom. The van der Waals surface area contributed by atoms with Crippen LogP contribution in [0, 0.1) is 0 Å². The lowest BCUT2D eigenvalue weighted by atomic mass is 9.80. The van der Waals surface area contributed by atoms with Crippen LogP contribution in [-0.4, -0.2) is 22.7 Å². The highest BCUT2D eigenvalue weighted by molar-refractivity contribution is 5.75. The van der Waals surface area contributed by atoms with Crippen LogP contribution in [0.3, 0.4) is 0 Å². The minimum atomic E-state index is -0.184. The molecule has 0 aromatic carbocycles. The zero-order valence-corrected chi connectivity index (χ0v) is 11.7. The summed E-state index contributed by atoms with van der Waals surface area (Å²) >= 11 is 0. The van der Waals surface area contributed by atoms with E-state index >= 15 is 0 Å². The van der Waals surface area contributed by atoms with Crippen molar-refractivity contribution in [3.8, 4) is 0 Å². The first-order chi connectivity index (χ1) is 10.2. The number of carbonyl (C=O) groups is 2. The lowest BCUT2D eigenvalue weighted by molar-refractivity contribution is -0.105. The Labute approximate surface area is 122 Å². The molecule has 0 radical (unpaired) electrons. The molecule has 1 aliphatic carbocycles. The molecule has 1 amide bonds. The van der Waals surface area contributed by atoms with Gasteiger partial charge in [0, 0.05) is 34.6 Å². The van der Waals surface area contributed by atoms with Crippen LogP contribution in [-0.2, 0) is 23.1 Å². The lowest BCUT2D eigenvalue weighted by Crippen LogP contribution is -2.24. The summed E-state index contributed by atoms with van der Waals surface area (Å²) in [4.78, 5) is 30.2. The van der Waals surface area contributed by atoms with Gasteiger partial charge in [-0.05, 0) is 30.5 Å². The number of aromatic nitrogens is 2. The standard InChI is InChI=1S/C16H15N3O2/c1-16(13-3-2-4-17-15(13)19-10-21)6-12-5-11(9-20)8-18-14(12)7-16/h2-5,8-10H,6-7H2,1H3,(H,17,19,21). The van der Waals surface area contributed by atoms with E-state index in [-0.39, 0.29) is 5.41 Å². The van der Waals surface area contributed by atoms with Gasteiger partial charge in [-0.25, -0.2) is 4.98 Å². The molecule has 106 valence electrons. The van der Waals surface area contributed by atoms with Crippen molar-refractivity contribution in [2.75, 3.05) is 5.32 Å². The topological polar surface area (TPSA) is 72.0 Å². The summed E-state index contributed by atoms with van der Waals surface area (Å²) in [6, 6.07) is 5.74. The first-order valence-corrected chi connectivity index (χ1v) is 6.75. The van der Waals surface area contributed by atoms with Crippen molar-refractivity contribution in [3.63, 3.8) is 0 Å². The van der Waals surface area contributed by atoms with Crippen LogP contribution in [0.25, 0.3) is 0 Å². The molecule has 2 aromatic rings. The molecule has 21 heavy (non-hydrogen) atoms. The van der Waals surface area contributed by atoms with E-state index in [9.17, 15) is 9.59 Å². The number of pyridine rings is 2. The maximum absolute atomic E-state index is 10.9. The van der Waals surface area contributed by atoms with Crippen molar-refractivity contribution < 1.29 is 9.59 Å². The summed E-state index contributed by atoms with van der Waals surface area (Å²) in [7, 11) is 0. The van der Waals surface area contributed by atoms with Gasteiger partial charge in [0.15, 0.2) is 6.29 Å². The zero-order valence-electron chi connectivity index (χ0n) is 11.7. The molecule has 0 aliphatic heterocycles. The smallest absolute Gasteiger partial charge is 0.212 e. The number of aldehydes is 1. The van der Waals surface area contributed by atoms with Crippen LogP contribution in [0.1, 0.15) is 34.1 Å². The molecule has 2 heterocycles. The predicted molar refractivity (Wildman–Crippen MR) is 78.3 cm³/mol. The van der Waals surface area contributed by atoms with Gasteiger partial charge in [-0.1, -0.05) is 13.0 Å². The maximum atomic E-state index is 10.9. The molecular formula is C16H15N3O2. The Morgan fingerprint density at radius 2 is 2.14 bits per heavy atom. The van der Waals surface area contributed by atoms with Crippen molar-refractivity contribution in [3.05, 3.63) is 53.0 Å². The van der Waals surface area contributed by atoms with Gasteiger partial charge < -0.3 is 5.32 Å². The van der Waals surface area contributed by atoms with E-state index in [0.717, 1.165) is 35.9 Å². The molecule has 5 heteroatoms. The van der Waals surface area contributed by atoms with Gasteiger partial charge in [0.2, 0.25) is 6.41 Å². The van der Waals surface area contributed by atoms with Crippen molar-refractivity contribution in [1.29, 1.82) is 0 Å². The van der Waals surface area contributed by atoms with Gasteiger partial charge in [0.05, 0.1) is 0 Å². The van der Waals surface area contributed by atoms with E-state index in [0.29, 0.717) is 17.8 Å². The Kier molecular flexibility index (Phi) is 3.25. The van der Waals surface area contributed by atoms with Gasteiger partial charge in [-0.2, -0.15) is 0 Å². The molecule has 5 nitrogen and oxygen atoms in total. The third kappa shape index (κ3) is 2.31. The number of fused-ring (bicyclic) bond motifs is 1. The highest BCUT2D eigenvalue weighted by Crippen LogP contribution is 2.41. The summed E-state index contributed by atoms with van der Waals surface area (Å²) in [6.45, 7) is 2.13. The number of anilines is 1. The molecule has 0 saturated heterocycles. The Balaban J connectivity index is 2.01. The predicted octanol–water partition coefficient (Wildman–Crippen LogP) is 1.91. The molecule has 1 atom stereocenters. The van der Waals surface area contributed by atoms with Crippen molar-refractivity contribution in [2.24, 2.45) is 0 Å². The van der Waals surface area contributed by atoms with E-state index < -0.39 is 0 Å². The van der Waals surface area contributed by atoms with Gasteiger partial charge in [-0.3, -0.25) is 14.6 Å². The zero-order chi connectivity index (χ0) is 14.9. The fraction of sp³-hybridized carbons (Fsp3) is 0.250. The van der Waals surface area contributed by atoms with Crippen molar-refractivity contribution in [2.45, 2.75) is 25.2 Å². The Bertz CT molecular complexity index is 714. The summed E-state index contributed by atoms with van der Waals surface area (Å²) < 4.78 is 0. The highest BCUT2D eigenvalue weighted by atomic mass is 16.1. The van der Waals surface area contributed by atoms with E-state index in [1.807, 2.05) is 18.2 Å². The molecule has 0 saturated carbocycles. The Morgan fingerprint density at radius 3 is 2.90 bits per heavy atom. The molecule has 1 N–H and O–H groups in total. The Hall–Kier alpha value is -2.56. The van der Waals surface area contributed by atoms with Crippen molar-refractivity contribution >= 4 is 18.5 Å². The SMILES string of the molecule is CC1(c2cccnc2NC=O)Cc2cc(C=O)cnc2C1. The number of hydrogen-bond acceptors (Lipinski definition) is 4. The largest absolute Gasteiger partial charge is 0.313 e. The summed E-state index contributed by atoms with van der Waals surface area (Å²) in [5.41, 5.74) is 3.49. The fourth-order valence-corrected chi connectivity index (χ4v) is 3.04. The normalized spacial score (nSPS) is 19.9. The summed E-state index contributed by atoms with van der Waals surface area (Å²) in [5.74, 6) is 0.582. The number of nitrogens with one attached hydrogen (secondary N) is 1. The highest BCUT2D eigenvalue weighted by Gasteiger charge is 2.37. The molecule has 0 bridgehead atoms. The average molecular weight is 281 g/mol. The van der Waals surface area contributed by atoms with Crippen LogP contribution >= 0.6 is 0 Å². The van der Waals surface area contributed by atoms with Crippen LogP contribution in [0.4, 0.5) is 5.82 Å². The van der Waals surface area contributed by atoms with Crippen LogP contribution in [0.15, 0.2) is 30.6 Å². The van der Waals surface area contributed by atoms with E-state index in [2.05, 4.69) is 22.2 Å². The minimum Gasteiger partial charge on any atom is -0.313 e. The number of nitrogens with zero attached hydrogens (tertiary/aromatic N) is 2. The van der Waals surface area contributed by atoms with Gasteiger partial charge in [-0.15, -0.1) is 0 Å². The van der Waals surface area contributed by atoms with Crippen molar-refractivity contribution in [1.82, 2.24) is 9.97 Å². The number of rotatable bonds is 4. The second-order valence-electron chi connectivity index (χ2n) is 5.57. The third-order valence-electron chi connectivity index (χ3n) is 4.01. The summed E-state index contributed by atoms with van der Waals surface area (Å²) in [5, 5.41) is 2.66. The molecule has 0 spiro atoms. The molecular weight excluding hydrogens is 266 g/mol. The second kappa shape index (κ2) is 5.09. The molecule has 1 unspecified atom stereocenters. The fourth-order valence-electron chi connectivity index (χ4n) is 3.04. The summed E-state index contributed by atoms with van der Waals surface area (Å²) in [6.07, 6.45) is 6.25. The van der Waals surface area contributed by atoms with Crippen LogP contribution < -0.4 is 5.32 Å². The number of carbonyl (C=O) groups excluding carboxylic acids is 2. The van der Waals surface area contributed by atoms with E-state index in [1.54, 1.807) is 12.4 Å². The number of amides is 1. The van der Waals surface area contributed by atoms with Crippen LogP contribution in [0.2, 0.25) is 0 Å².